The number of carbonyl (C=O) groups is 2. The maximum Gasteiger partial charge on any atom is 0.407 e. The van der Waals surface area contributed by atoms with Crippen molar-refractivity contribution >= 4 is 23.0 Å². The van der Waals surface area contributed by atoms with Gasteiger partial charge >= 0.3 is 6.09 Å². The SMILES string of the molecule is O=C(O)N1CC[C@@H](C(=O)N2CCC(O)(Cn3cnc4c(cc(CO)n4-c4ccccc4)c3=O)CC2)[C@H](c2ccccc2)C1. The van der Waals surface area contributed by atoms with Crippen molar-refractivity contribution in [3.63, 3.8) is 0 Å². The van der Waals surface area contributed by atoms with Gasteiger partial charge in [-0.25, -0.2) is 9.78 Å². The van der Waals surface area contributed by atoms with Crippen LogP contribution < -0.4 is 5.56 Å². The molecule has 3 N–H and O–H groups in total. The molecule has 224 valence electrons. The van der Waals surface area contributed by atoms with Crippen LogP contribution in [0.3, 0.4) is 0 Å². The lowest BCUT2D eigenvalue weighted by molar-refractivity contribution is -0.142. The Morgan fingerprint density at radius 2 is 1.63 bits per heavy atom. The summed E-state index contributed by atoms with van der Waals surface area (Å²) >= 11 is 0. The van der Waals surface area contributed by atoms with Gasteiger partial charge in [0.05, 0.1) is 29.8 Å². The summed E-state index contributed by atoms with van der Waals surface area (Å²) in [6, 6.07) is 20.6. The van der Waals surface area contributed by atoms with E-state index in [-0.39, 0.29) is 43.0 Å². The molecule has 11 nitrogen and oxygen atoms in total. The second kappa shape index (κ2) is 11.7. The van der Waals surface area contributed by atoms with E-state index >= 15 is 0 Å². The molecule has 2 aliphatic heterocycles. The van der Waals surface area contributed by atoms with Gasteiger partial charge in [0.25, 0.3) is 5.56 Å². The monoisotopic (exact) mass is 585 g/mol. The molecule has 0 spiro atoms. The Hall–Kier alpha value is -4.48. The smallest absolute Gasteiger partial charge is 0.407 e. The number of hydrogen-bond donors (Lipinski definition) is 3. The fourth-order valence-electron chi connectivity index (χ4n) is 6.57. The van der Waals surface area contributed by atoms with E-state index in [4.69, 9.17) is 0 Å². The largest absolute Gasteiger partial charge is 0.465 e. The number of aromatic nitrogens is 3. The van der Waals surface area contributed by atoms with E-state index in [1.54, 1.807) is 15.5 Å². The van der Waals surface area contributed by atoms with E-state index < -0.39 is 11.7 Å². The molecule has 2 amide bonds. The first kappa shape index (κ1) is 28.6. The van der Waals surface area contributed by atoms with E-state index in [2.05, 4.69) is 4.98 Å². The lowest BCUT2D eigenvalue weighted by Crippen LogP contribution is -2.53. The number of rotatable bonds is 6. The van der Waals surface area contributed by atoms with Gasteiger partial charge in [0.2, 0.25) is 5.91 Å². The molecule has 2 aromatic heterocycles. The molecular formula is C32H35N5O6. The quantitative estimate of drug-likeness (QED) is 0.316. The third-order valence-corrected chi connectivity index (χ3v) is 8.94. The van der Waals surface area contributed by atoms with Crippen molar-refractivity contribution in [2.24, 2.45) is 5.92 Å². The minimum atomic E-state index is -1.21. The first-order chi connectivity index (χ1) is 20.8. The zero-order valence-electron chi connectivity index (χ0n) is 23.7. The Labute approximate surface area is 248 Å². The van der Waals surface area contributed by atoms with E-state index in [0.717, 1.165) is 11.3 Å². The van der Waals surface area contributed by atoms with Crippen molar-refractivity contribution < 1.29 is 24.9 Å². The van der Waals surface area contributed by atoms with Crippen LogP contribution in [0, 0.1) is 5.92 Å². The highest BCUT2D eigenvalue weighted by molar-refractivity contribution is 5.81. The first-order valence-electron chi connectivity index (χ1n) is 14.6. The standard InChI is InChI=1S/C32H35N5O6/c38-19-24-17-26-28(37(24)23-9-5-2-6-10-23)33-21-36(30(26)40)20-32(43)12-15-34(16-13-32)29(39)25-11-14-35(31(41)42)18-27(25)22-7-3-1-4-8-22/h1-10,17,21,25,27,38,43H,11-16,18-20H2,(H,41,42)/t25-,27+/m1/s1. The summed E-state index contributed by atoms with van der Waals surface area (Å²) < 4.78 is 3.16. The molecule has 2 aliphatic rings. The molecule has 6 rings (SSSR count). The van der Waals surface area contributed by atoms with Crippen LogP contribution in [0.1, 0.15) is 36.4 Å². The molecule has 2 atom stereocenters. The van der Waals surface area contributed by atoms with Crippen molar-refractivity contribution in [1.29, 1.82) is 0 Å². The van der Waals surface area contributed by atoms with Crippen molar-refractivity contribution in [2.45, 2.75) is 43.9 Å². The van der Waals surface area contributed by atoms with Crippen LogP contribution in [0.25, 0.3) is 16.7 Å². The first-order valence-corrected chi connectivity index (χ1v) is 14.6. The maximum absolute atomic E-state index is 13.8. The summed E-state index contributed by atoms with van der Waals surface area (Å²) in [7, 11) is 0. The van der Waals surface area contributed by atoms with Gasteiger partial charge in [-0.2, -0.15) is 0 Å². The van der Waals surface area contributed by atoms with Gasteiger partial charge in [-0.1, -0.05) is 48.5 Å². The summed E-state index contributed by atoms with van der Waals surface area (Å²) in [4.78, 5) is 46.6. The third-order valence-electron chi connectivity index (χ3n) is 8.94. The fourth-order valence-corrected chi connectivity index (χ4v) is 6.57. The van der Waals surface area contributed by atoms with E-state index in [1.165, 1.54) is 15.8 Å². The van der Waals surface area contributed by atoms with Gasteiger partial charge in [-0.15, -0.1) is 0 Å². The number of aliphatic hydroxyl groups excluding tert-OH is 1. The Bertz CT molecular complexity index is 1680. The zero-order chi connectivity index (χ0) is 30.1. The second-order valence-electron chi connectivity index (χ2n) is 11.6. The number of carbonyl (C=O) groups excluding carboxylic acids is 1. The highest BCUT2D eigenvalue weighted by atomic mass is 16.4. The molecule has 43 heavy (non-hydrogen) atoms. The van der Waals surface area contributed by atoms with Gasteiger partial charge in [-0.3, -0.25) is 18.7 Å². The van der Waals surface area contributed by atoms with Crippen LogP contribution >= 0.6 is 0 Å². The minimum absolute atomic E-state index is 0.0278. The van der Waals surface area contributed by atoms with Gasteiger partial charge in [-0.05, 0) is 43.0 Å². The lowest BCUT2D eigenvalue weighted by atomic mass is 9.79. The molecular weight excluding hydrogens is 550 g/mol. The zero-order valence-corrected chi connectivity index (χ0v) is 23.7. The molecule has 0 radical (unpaired) electrons. The average Bonchev–Trinajstić information content (AvgIpc) is 3.42. The highest BCUT2D eigenvalue weighted by Crippen LogP contribution is 2.35. The van der Waals surface area contributed by atoms with Gasteiger partial charge < -0.3 is 25.1 Å². The van der Waals surface area contributed by atoms with Crippen LogP contribution in [0.15, 0.2) is 77.9 Å². The second-order valence-corrected chi connectivity index (χ2v) is 11.6. The predicted octanol–water partition coefficient (Wildman–Crippen LogP) is 2.82. The van der Waals surface area contributed by atoms with Crippen LogP contribution in [-0.2, 0) is 17.9 Å². The summed E-state index contributed by atoms with van der Waals surface area (Å²) in [5, 5.41) is 31.4. The van der Waals surface area contributed by atoms with Crippen molar-refractivity contribution in [3.05, 3.63) is 94.7 Å². The number of likely N-dealkylation sites (tertiary alicyclic amines) is 2. The van der Waals surface area contributed by atoms with Gasteiger partial charge in [0.1, 0.15) is 6.33 Å². The number of hydrogen-bond acceptors (Lipinski definition) is 6. The fraction of sp³-hybridized carbons (Fsp3) is 0.375. The molecule has 0 aliphatic carbocycles. The number of aliphatic hydroxyl groups is 2. The topological polar surface area (TPSA) is 141 Å². The lowest BCUT2D eigenvalue weighted by Gasteiger charge is -2.42. The van der Waals surface area contributed by atoms with Gasteiger partial charge in [0, 0.05) is 43.7 Å². The number of fused-ring (bicyclic) bond motifs is 1. The number of amides is 2. The van der Waals surface area contributed by atoms with Crippen LogP contribution in [0.5, 0.6) is 0 Å². The molecule has 2 fully saturated rings. The minimum Gasteiger partial charge on any atom is -0.465 e. The number of para-hydroxylation sites is 1. The van der Waals surface area contributed by atoms with Crippen LogP contribution in [-0.4, -0.2) is 83.0 Å². The van der Waals surface area contributed by atoms with Gasteiger partial charge in [0.15, 0.2) is 5.65 Å². The average molecular weight is 586 g/mol. The van der Waals surface area contributed by atoms with E-state index in [9.17, 15) is 29.7 Å². The Balaban J connectivity index is 1.17. The summed E-state index contributed by atoms with van der Waals surface area (Å²) in [6.45, 7) is 0.994. The molecule has 4 aromatic rings. The van der Waals surface area contributed by atoms with Crippen molar-refractivity contribution in [2.75, 3.05) is 26.2 Å². The third kappa shape index (κ3) is 5.53. The molecule has 0 unspecified atom stereocenters. The van der Waals surface area contributed by atoms with E-state index in [1.807, 2.05) is 60.7 Å². The number of piperidine rings is 2. The van der Waals surface area contributed by atoms with Crippen molar-refractivity contribution in [3.8, 4) is 5.69 Å². The summed E-state index contributed by atoms with van der Waals surface area (Å²) in [6.07, 6.45) is 1.47. The molecule has 4 heterocycles. The Kier molecular flexibility index (Phi) is 7.76. The highest BCUT2D eigenvalue weighted by Gasteiger charge is 2.41. The van der Waals surface area contributed by atoms with Crippen LogP contribution in [0.2, 0.25) is 0 Å². The Morgan fingerprint density at radius 1 is 0.953 bits per heavy atom. The predicted molar refractivity (Wildman–Crippen MR) is 159 cm³/mol. The molecule has 2 aromatic carbocycles. The Morgan fingerprint density at radius 3 is 2.28 bits per heavy atom. The summed E-state index contributed by atoms with van der Waals surface area (Å²) in [5.41, 5.74) is 1.18. The number of benzene rings is 2. The number of nitrogens with zero attached hydrogens (tertiary/aromatic N) is 5. The van der Waals surface area contributed by atoms with E-state index in [0.29, 0.717) is 55.6 Å². The molecule has 0 saturated carbocycles. The molecule has 2 saturated heterocycles. The van der Waals surface area contributed by atoms with Crippen molar-refractivity contribution in [1.82, 2.24) is 23.9 Å². The van der Waals surface area contributed by atoms with Crippen LogP contribution in [0.4, 0.5) is 4.79 Å². The molecule has 0 bridgehead atoms. The number of carboxylic acid groups (broad SMARTS) is 1. The summed E-state index contributed by atoms with van der Waals surface area (Å²) in [5.74, 6) is -0.629. The molecule has 11 heteroatoms. The normalized spacial score (nSPS) is 20.3. The maximum atomic E-state index is 13.8.